The molecule has 0 unspecified atom stereocenters. The third-order valence-corrected chi connectivity index (χ3v) is 4.96. The molecule has 0 aliphatic rings. The van der Waals surface area contributed by atoms with Gasteiger partial charge in [-0.1, -0.05) is 14.9 Å². The van der Waals surface area contributed by atoms with Crippen molar-refractivity contribution in [1.82, 2.24) is 0 Å². The molecule has 0 aromatic heterocycles. The number of Topliss-reactive ketones (excluding diaryl/α,β-unsaturated/α-hetero) is 2. The summed E-state index contributed by atoms with van der Waals surface area (Å²) in [6.45, 7) is 0.160. The predicted octanol–water partition coefficient (Wildman–Crippen LogP) is 3.18. The van der Waals surface area contributed by atoms with E-state index < -0.39 is 23.5 Å². The molecular weight excluding hydrogens is 528 g/mol. The summed E-state index contributed by atoms with van der Waals surface area (Å²) >= 11 is 0. The van der Waals surface area contributed by atoms with Crippen LogP contribution in [0.25, 0.3) is 0 Å². The lowest BCUT2D eigenvalue weighted by Gasteiger charge is -2.10. The standard InChI is InChI=1S/C26H30O12.2CH4/c1-31-19-7-5-17(15-21(19)33-3)23(27)25(29)37-13-11-35-9-10-36-12-14-38-26(30)24(28)18-6-8-20(32-2)22(16-18)34-4;;/h5-8,15-16H,9-14H2,1-4H3;2*1H4. The monoisotopic (exact) mass is 566 g/mol. The van der Waals surface area contributed by atoms with Crippen LogP contribution in [-0.2, 0) is 28.5 Å². The first kappa shape index (κ1) is 35.8. The van der Waals surface area contributed by atoms with Gasteiger partial charge in [-0.25, -0.2) is 9.59 Å². The molecule has 0 atom stereocenters. The van der Waals surface area contributed by atoms with Crippen LogP contribution in [0.4, 0.5) is 0 Å². The molecule has 0 aliphatic carbocycles. The molecule has 40 heavy (non-hydrogen) atoms. The summed E-state index contributed by atoms with van der Waals surface area (Å²) in [4.78, 5) is 48.3. The lowest BCUT2D eigenvalue weighted by atomic mass is 10.1. The molecule has 0 aliphatic heterocycles. The maximum Gasteiger partial charge on any atom is 0.379 e. The number of ether oxygens (including phenoxy) is 8. The Morgan fingerprint density at radius 3 is 1.15 bits per heavy atom. The van der Waals surface area contributed by atoms with Crippen molar-refractivity contribution >= 4 is 23.5 Å². The molecule has 0 saturated carbocycles. The van der Waals surface area contributed by atoms with Crippen molar-refractivity contribution in [2.45, 2.75) is 14.9 Å². The smallest absolute Gasteiger partial charge is 0.379 e. The Morgan fingerprint density at radius 2 is 0.825 bits per heavy atom. The molecule has 0 heterocycles. The number of hydrogen-bond acceptors (Lipinski definition) is 12. The van der Waals surface area contributed by atoms with E-state index >= 15 is 0 Å². The molecule has 222 valence electrons. The Balaban J connectivity index is 0.00000760. The van der Waals surface area contributed by atoms with E-state index in [0.29, 0.717) is 23.0 Å². The van der Waals surface area contributed by atoms with E-state index in [2.05, 4.69) is 0 Å². The van der Waals surface area contributed by atoms with Crippen LogP contribution in [0.5, 0.6) is 23.0 Å². The molecule has 2 aromatic rings. The van der Waals surface area contributed by atoms with E-state index in [4.69, 9.17) is 37.9 Å². The van der Waals surface area contributed by atoms with Crippen LogP contribution in [0, 0.1) is 0 Å². The van der Waals surface area contributed by atoms with Gasteiger partial charge in [0, 0.05) is 11.1 Å². The van der Waals surface area contributed by atoms with Crippen LogP contribution < -0.4 is 18.9 Å². The molecule has 0 saturated heterocycles. The Labute approximate surface area is 234 Å². The molecule has 0 fully saturated rings. The van der Waals surface area contributed by atoms with Gasteiger partial charge in [0.25, 0.3) is 11.6 Å². The SMILES string of the molecule is C.C.COc1ccc(C(=O)C(=O)OCCOCCOCCOC(=O)C(=O)c2ccc(OC)c(OC)c2)cc1OC. The second kappa shape index (κ2) is 19.0. The van der Waals surface area contributed by atoms with Gasteiger partial charge in [0.1, 0.15) is 13.2 Å². The molecule has 12 nitrogen and oxygen atoms in total. The molecule has 0 spiro atoms. The van der Waals surface area contributed by atoms with Crippen LogP contribution in [-0.4, -0.2) is 91.6 Å². The fourth-order valence-corrected chi connectivity index (χ4v) is 3.03. The van der Waals surface area contributed by atoms with E-state index in [0.717, 1.165) is 0 Å². The van der Waals surface area contributed by atoms with Crippen LogP contribution in [0.2, 0.25) is 0 Å². The first-order chi connectivity index (χ1) is 18.4. The minimum Gasteiger partial charge on any atom is -0.493 e. The Bertz CT molecular complexity index is 1020. The highest BCUT2D eigenvalue weighted by molar-refractivity contribution is 6.41. The second-order valence-corrected chi connectivity index (χ2v) is 7.29. The molecular formula is C28H38O12. The number of benzene rings is 2. The third-order valence-electron chi connectivity index (χ3n) is 4.96. The van der Waals surface area contributed by atoms with Crippen LogP contribution in [0.3, 0.4) is 0 Å². The number of carbonyl (C=O) groups is 4. The van der Waals surface area contributed by atoms with E-state index in [-0.39, 0.29) is 65.6 Å². The Kier molecular flexibility index (Phi) is 17.0. The molecule has 0 radical (unpaired) electrons. The minimum absolute atomic E-state index is 0. The highest BCUT2D eigenvalue weighted by Crippen LogP contribution is 2.28. The largest absolute Gasteiger partial charge is 0.493 e. The molecule has 12 heteroatoms. The fraction of sp³-hybridized carbons (Fsp3) is 0.429. The summed E-state index contributed by atoms with van der Waals surface area (Å²) < 4.78 is 40.8. The lowest BCUT2D eigenvalue weighted by Crippen LogP contribution is -2.21. The van der Waals surface area contributed by atoms with Gasteiger partial charge in [0.2, 0.25) is 0 Å². The van der Waals surface area contributed by atoms with E-state index in [1.807, 2.05) is 0 Å². The summed E-state index contributed by atoms with van der Waals surface area (Å²) in [5.41, 5.74) is 0.209. The number of methoxy groups -OCH3 is 4. The van der Waals surface area contributed by atoms with Crippen molar-refractivity contribution in [2.24, 2.45) is 0 Å². The second-order valence-electron chi connectivity index (χ2n) is 7.29. The van der Waals surface area contributed by atoms with Crippen molar-refractivity contribution in [3.05, 3.63) is 47.5 Å². The molecule has 2 rings (SSSR count). The molecule has 0 bridgehead atoms. The van der Waals surface area contributed by atoms with Gasteiger partial charge in [0.05, 0.1) is 54.9 Å². The van der Waals surface area contributed by atoms with Crippen LogP contribution >= 0.6 is 0 Å². The zero-order valence-electron chi connectivity index (χ0n) is 21.6. The number of carbonyl (C=O) groups excluding carboxylic acids is 4. The molecule has 0 N–H and O–H groups in total. The van der Waals surface area contributed by atoms with Gasteiger partial charge >= 0.3 is 11.9 Å². The summed E-state index contributed by atoms with van der Waals surface area (Å²) in [5, 5.41) is 0. The average molecular weight is 567 g/mol. The summed E-state index contributed by atoms with van der Waals surface area (Å²) in [7, 11) is 5.75. The normalized spacial score (nSPS) is 9.80. The van der Waals surface area contributed by atoms with Gasteiger partial charge in [-0.15, -0.1) is 0 Å². The number of hydrogen-bond donors (Lipinski definition) is 0. The van der Waals surface area contributed by atoms with Crippen molar-refractivity contribution in [1.29, 1.82) is 0 Å². The van der Waals surface area contributed by atoms with Gasteiger partial charge < -0.3 is 37.9 Å². The summed E-state index contributed by atoms with van der Waals surface area (Å²) in [6, 6.07) is 8.67. The number of rotatable bonds is 17. The summed E-state index contributed by atoms with van der Waals surface area (Å²) in [5.74, 6) is -2.23. The quantitative estimate of drug-likeness (QED) is 0.120. The zero-order chi connectivity index (χ0) is 27.9. The van der Waals surface area contributed by atoms with Gasteiger partial charge in [0.15, 0.2) is 23.0 Å². The maximum absolute atomic E-state index is 12.2. The molecule has 2 aromatic carbocycles. The first-order valence-corrected chi connectivity index (χ1v) is 11.4. The first-order valence-electron chi connectivity index (χ1n) is 11.4. The fourth-order valence-electron chi connectivity index (χ4n) is 3.03. The predicted molar refractivity (Wildman–Crippen MR) is 145 cm³/mol. The number of esters is 2. The van der Waals surface area contributed by atoms with Gasteiger partial charge in [-0.3, -0.25) is 9.59 Å². The number of ketones is 2. The Morgan fingerprint density at radius 1 is 0.500 bits per heavy atom. The minimum atomic E-state index is -1.03. The summed E-state index contributed by atoms with van der Waals surface area (Å²) in [6.07, 6.45) is 0. The van der Waals surface area contributed by atoms with E-state index in [1.165, 1.54) is 64.8 Å². The van der Waals surface area contributed by atoms with Gasteiger partial charge in [-0.05, 0) is 36.4 Å². The van der Waals surface area contributed by atoms with Crippen molar-refractivity contribution in [2.75, 3.05) is 68.1 Å². The average Bonchev–Trinajstić information content (AvgIpc) is 2.95. The zero-order valence-corrected chi connectivity index (χ0v) is 21.6. The van der Waals surface area contributed by atoms with Crippen LogP contribution in [0.1, 0.15) is 35.6 Å². The highest BCUT2D eigenvalue weighted by Gasteiger charge is 2.21. The topological polar surface area (TPSA) is 142 Å². The van der Waals surface area contributed by atoms with E-state index in [9.17, 15) is 19.2 Å². The van der Waals surface area contributed by atoms with Crippen LogP contribution in [0.15, 0.2) is 36.4 Å². The highest BCUT2D eigenvalue weighted by atomic mass is 16.6. The third kappa shape index (κ3) is 10.5. The lowest BCUT2D eigenvalue weighted by molar-refractivity contribution is -0.141. The Hall–Kier alpha value is -4.16. The van der Waals surface area contributed by atoms with E-state index in [1.54, 1.807) is 0 Å². The van der Waals surface area contributed by atoms with Crippen molar-refractivity contribution in [3.8, 4) is 23.0 Å². The molecule has 0 amide bonds. The maximum atomic E-state index is 12.2. The van der Waals surface area contributed by atoms with Crippen molar-refractivity contribution in [3.63, 3.8) is 0 Å². The van der Waals surface area contributed by atoms with Crippen molar-refractivity contribution < 1.29 is 57.1 Å². The van der Waals surface area contributed by atoms with Gasteiger partial charge in [-0.2, -0.15) is 0 Å².